The molecular weight excluding hydrogens is 281 g/mol. The number of methoxy groups -OCH3 is 1. The summed E-state index contributed by atoms with van der Waals surface area (Å²) >= 11 is 5.27. The van der Waals surface area contributed by atoms with Crippen molar-refractivity contribution in [2.45, 2.75) is 25.4 Å². The fourth-order valence-electron chi connectivity index (χ4n) is 2.53. The predicted molar refractivity (Wildman–Crippen MR) is 74.8 cm³/mol. The van der Waals surface area contributed by atoms with Crippen LogP contribution in [-0.4, -0.2) is 28.6 Å². The maximum atomic E-state index is 13.7. The summed E-state index contributed by atoms with van der Waals surface area (Å²) in [7, 11) is 1.42. The van der Waals surface area contributed by atoms with Gasteiger partial charge < -0.3 is 19.6 Å². The summed E-state index contributed by atoms with van der Waals surface area (Å²) in [5.41, 5.74) is 1.40. The molecule has 20 heavy (non-hydrogen) atoms. The summed E-state index contributed by atoms with van der Waals surface area (Å²) in [5, 5.41) is 2.90. The quantitative estimate of drug-likeness (QED) is 0.853. The number of nitrogens with one attached hydrogen (secondary N) is 2. The average Bonchev–Trinajstić information content (AvgIpc) is 2.94. The largest absolute Gasteiger partial charge is 0.494 e. The lowest BCUT2D eigenvalue weighted by atomic mass is 10.2. The molecule has 7 heteroatoms. The Morgan fingerprint density at radius 2 is 2.35 bits per heavy atom. The van der Waals surface area contributed by atoms with E-state index in [1.807, 2.05) is 4.57 Å². The van der Waals surface area contributed by atoms with Crippen molar-refractivity contribution < 1.29 is 13.9 Å². The number of aromatic amines is 1. The summed E-state index contributed by atoms with van der Waals surface area (Å²) in [4.78, 5) is 14.2. The van der Waals surface area contributed by atoms with Gasteiger partial charge in [0, 0.05) is 31.1 Å². The average molecular weight is 295 g/mol. The zero-order valence-corrected chi connectivity index (χ0v) is 11.7. The molecule has 1 atom stereocenters. The third-order valence-electron chi connectivity index (χ3n) is 3.54. The third kappa shape index (κ3) is 2.18. The summed E-state index contributed by atoms with van der Waals surface area (Å²) < 4.78 is 21.0. The zero-order valence-electron chi connectivity index (χ0n) is 10.9. The van der Waals surface area contributed by atoms with E-state index in [1.54, 1.807) is 6.07 Å². The van der Waals surface area contributed by atoms with Gasteiger partial charge in [-0.15, -0.1) is 0 Å². The molecule has 1 fully saturated rings. The van der Waals surface area contributed by atoms with E-state index in [1.165, 1.54) is 13.2 Å². The Morgan fingerprint density at radius 3 is 3.00 bits per heavy atom. The number of rotatable bonds is 3. The van der Waals surface area contributed by atoms with Crippen LogP contribution in [0.15, 0.2) is 12.1 Å². The maximum Gasteiger partial charge on any atom is 0.220 e. The van der Waals surface area contributed by atoms with E-state index >= 15 is 0 Å². The maximum absolute atomic E-state index is 13.7. The van der Waals surface area contributed by atoms with Crippen LogP contribution in [0.4, 0.5) is 4.39 Å². The number of carbonyl (C=O) groups excluding carboxylic acids is 1. The highest BCUT2D eigenvalue weighted by Crippen LogP contribution is 2.25. The SMILES string of the molecule is COc1cc2c(cc1F)[nH]c(=S)n2CC1CCC(=O)N1. The topological polar surface area (TPSA) is 59.0 Å². The van der Waals surface area contributed by atoms with Crippen LogP contribution in [0, 0.1) is 10.6 Å². The van der Waals surface area contributed by atoms with Crippen molar-refractivity contribution in [2.24, 2.45) is 0 Å². The zero-order chi connectivity index (χ0) is 14.3. The van der Waals surface area contributed by atoms with Crippen LogP contribution in [0.25, 0.3) is 11.0 Å². The van der Waals surface area contributed by atoms with E-state index in [0.29, 0.717) is 23.3 Å². The molecule has 106 valence electrons. The van der Waals surface area contributed by atoms with Gasteiger partial charge in [-0.2, -0.15) is 0 Å². The first-order chi connectivity index (χ1) is 9.58. The molecular formula is C13H14FN3O2S. The first-order valence-corrected chi connectivity index (χ1v) is 6.74. The van der Waals surface area contributed by atoms with Crippen molar-refractivity contribution >= 4 is 29.2 Å². The van der Waals surface area contributed by atoms with E-state index in [-0.39, 0.29) is 17.7 Å². The van der Waals surface area contributed by atoms with E-state index in [0.717, 1.165) is 11.9 Å². The molecule has 0 spiro atoms. The Balaban J connectivity index is 2.03. The number of hydrogen-bond donors (Lipinski definition) is 2. The number of carbonyl (C=O) groups is 1. The van der Waals surface area contributed by atoms with E-state index < -0.39 is 5.82 Å². The standard InChI is InChI=1S/C13H14FN3O2S/c1-19-11-5-10-9(4-8(11)14)16-13(20)17(10)6-7-2-3-12(18)15-7/h4-5,7H,2-3,6H2,1H3,(H,15,18)(H,16,20). The van der Waals surface area contributed by atoms with Crippen LogP contribution in [0.1, 0.15) is 12.8 Å². The molecule has 1 aromatic carbocycles. The molecule has 0 aliphatic carbocycles. The third-order valence-corrected chi connectivity index (χ3v) is 3.86. The van der Waals surface area contributed by atoms with Gasteiger partial charge in [-0.25, -0.2) is 4.39 Å². The summed E-state index contributed by atoms with van der Waals surface area (Å²) in [6, 6.07) is 3.05. The minimum atomic E-state index is -0.433. The fraction of sp³-hybridized carbons (Fsp3) is 0.385. The van der Waals surface area contributed by atoms with Crippen LogP contribution >= 0.6 is 12.2 Å². The van der Waals surface area contributed by atoms with Crippen molar-refractivity contribution in [3.8, 4) is 5.75 Å². The molecule has 0 saturated carbocycles. The molecule has 3 rings (SSSR count). The van der Waals surface area contributed by atoms with Gasteiger partial charge in [-0.3, -0.25) is 4.79 Å². The van der Waals surface area contributed by atoms with Crippen molar-refractivity contribution in [3.05, 3.63) is 22.7 Å². The second kappa shape index (κ2) is 4.90. The molecule has 0 radical (unpaired) electrons. The van der Waals surface area contributed by atoms with Crippen molar-refractivity contribution in [3.63, 3.8) is 0 Å². The summed E-state index contributed by atoms with van der Waals surface area (Å²) in [6.45, 7) is 0.569. The van der Waals surface area contributed by atoms with E-state index in [9.17, 15) is 9.18 Å². The summed E-state index contributed by atoms with van der Waals surface area (Å²) in [5.74, 6) is -0.196. The summed E-state index contributed by atoms with van der Waals surface area (Å²) in [6.07, 6.45) is 1.32. The molecule has 1 unspecified atom stereocenters. The Labute approximate surface area is 119 Å². The Morgan fingerprint density at radius 1 is 1.55 bits per heavy atom. The Hall–Kier alpha value is -1.89. The highest BCUT2D eigenvalue weighted by molar-refractivity contribution is 7.71. The number of hydrogen-bond acceptors (Lipinski definition) is 3. The lowest BCUT2D eigenvalue weighted by Crippen LogP contribution is -2.29. The second-order valence-corrected chi connectivity index (χ2v) is 5.23. The minimum absolute atomic E-state index is 0.0595. The molecule has 1 aliphatic rings. The van der Waals surface area contributed by atoms with Gasteiger partial charge in [0.15, 0.2) is 16.3 Å². The highest BCUT2D eigenvalue weighted by atomic mass is 32.1. The number of ether oxygens (including phenoxy) is 1. The molecule has 5 nitrogen and oxygen atoms in total. The Kier molecular flexibility index (Phi) is 3.21. The Bertz CT molecular complexity index is 737. The molecule has 2 aromatic rings. The first kappa shape index (κ1) is 13.1. The molecule has 0 bridgehead atoms. The molecule has 1 saturated heterocycles. The molecule has 2 N–H and O–H groups in total. The molecule has 1 aromatic heterocycles. The minimum Gasteiger partial charge on any atom is -0.494 e. The van der Waals surface area contributed by atoms with Crippen LogP contribution in [-0.2, 0) is 11.3 Å². The number of aromatic nitrogens is 2. The first-order valence-electron chi connectivity index (χ1n) is 6.34. The van der Waals surface area contributed by atoms with Crippen LogP contribution < -0.4 is 10.1 Å². The number of benzene rings is 1. The second-order valence-electron chi connectivity index (χ2n) is 4.85. The van der Waals surface area contributed by atoms with Gasteiger partial charge in [0.1, 0.15) is 0 Å². The van der Waals surface area contributed by atoms with Gasteiger partial charge in [-0.05, 0) is 18.6 Å². The van der Waals surface area contributed by atoms with E-state index in [2.05, 4.69) is 10.3 Å². The lowest BCUT2D eigenvalue weighted by molar-refractivity contribution is -0.119. The van der Waals surface area contributed by atoms with Crippen molar-refractivity contribution in [2.75, 3.05) is 7.11 Å². The predicted octanol–water partition coefficient (Wildman–Crippen LogP) is 2.13. The molecule has 1 amide bonds. The van der Waals surface area contributed by atoms with Gasteiger partial charge in [0.05, 0.1) is 18.1 Å². The van der Waals surface area contributed by atoms with Gasteiger partial charge in [0.25, 0.3) is 0 Å². The van der Waals surface area contributed by atoms with Crippen LogP contribution in [0.3, 0.4) is 0 Å². The number of amides is 1. The fourth-order valence-corrected chi connectivity index (χ4v) is 2.81. The molecule has 1 aliphatic heterocycles. The van der Waals surface area contributed by atoms with Gasteiger partial charge in [0.2, 0.25) is 5.91 Å². The number of H-pyrrole nitrogens is 1. The van der Waals surface area contributed by atoms with Crippen molar-refractivity contribution in [1.82, 2.24) is 14.9 Å². The normalized spacial score (nSPS) is 18.5. The number of nitrogens with zero attached hydrogens (tertiary/aromatic N) is 1. The highest BCUT2D eigenvalue weighted by Gasteiger charge is 2.22. The van der Waals surface area contributed by atoms with Gasteiger partial charge >= 0.3 is 0 Å². The van der Waals surface area contributed by atoms with Crippen LogP contribution in [0.2, 0.25) is 0 Å². The monoisotopic (exact) mass is 295 g/mol. The molecule has 2 heterocycles. The van der Waals surface area contributed by atoms with Crippen LogP contribution in [0.5, 0.6) is 5.75 Å². The number of fused-ring (bicyclic) bond motifs is 1. The van der Waals surface area contributed by atoms with E-state index in [4.69, 9.17) is 17.0 Å². The smallest absolute Gasteiger partial charge is 0.220 e. The van der Waals surface area contributed by atoms with Crippen molar-refractivity contribution in [1.29, 1.82) is 0 Å². The number of halogens is 1. The van der Waals surface area contributed by atoms with Gasteiger partial charge in [-0.1, -0.05) is 0 Å². The lowest BCUT2D eigenvalue weighted by Gasteiger charge is -2.12. The number of imidazole rings is 1.